The van der Waals surface area contributed by atoms with E-state index in [4.69, 9.17) is 10.5 Å². The van der Waals surface area contributed by atoms with Crippen LogP contribution in [0, 0.1) is 0 Å². The van der Waals surface area contributed by atoms with Crippen molar-refractivity contribution in [2.75, 3.05) is 25.6 Å². The van der Waals surface area contributed by atoms with Crippen LogP contribution in [-0.4, -0.2) is 36.1 Å². The maximum atomic E-state index is 11.7. The first-order valence-corrected chi connectivity index (χ1v) is 7.14. The van der Waals surface area contributed by atoms with E-state index in [1.54, 1.807) is 25.6 Å². The summed E-state index contributed by atoms with van der Waals surface area (Å²) in [4.78, 5) is 20.3. The normalized spacial score (nSPS) is 10.5. The standard InChI is InChI=1S/C16H20N4O2/c1-3-14-12(11-4-6-18-7-5-11)10-13(15(17)21)16(20-14)19-8-9-22-2/h4-7,10H,3,8-9H2,1-2H3,(H2,17,21)(H,19,20). The van der Waals surface area contributed by atoms with E-state index in [-0.39, 0.29) is 0 Å². The molecule has 0 aliphatic heterocycles. The molecule has 0 saturated carbocycles. The molecule has 0 aromatic carbocycles. The van der Waals surface area contributed by atoms with Crippen molar-refractivity contribution < 1.29 is 9.53 Å². The summed E-state index contributed by atoms with van der Waals surface area (Å²) in [6.07, 6.45) is 4.17. The molecular formula is C16H20N4O2. The zero-order valence-corrected chi connectivity index (χ0v) is 12.8. The molecule has 2 rings (SSSR count). The summed E-state index contributed by atoms with van der Waals surface area (Å²) in [6, 6.07) is 5.57. The molecule has 2 aromatic rings. The number of hydrogen-bond donors (Lipinski definition) is 2. The van der Waals surface area contributed by atoms with E-state index in [9.17, 15) is 4.79 Å². The summed E-state index contributed by atoms with van der Waals surface area (Å²) in [7, 11) is 1.62. The Labute approximate surface area is 129 Å². The van der Waals surface area contributed by atoms with Crippen molar-refractivity contribution in [2.24, 2.45) is 5.73 Å². The van der Waals surface area contributed by atoms with Crippen molar-refractivity contribution in [1.82, 2.24) is 9.97 Å². The van der Waals surface area contributed by atoms with Gasteiger partial charge < -0.3 is 15.8 Å². The topological polar surface area (TPSA) is 90.1 Å². The summed E-state index contributed by atoms with van der Waals surface area (Å²) in [6.45, 7) is 3.10. The number of pyridine rings is 2. The minimum absolute atomic E-state index is 0.375. The molecule has 1 amide bonds. The Morgan fingerprint density at radius 3 is 2.68 bits per heavy atom. The van der Waals surface area contributed by atoms with Crippen LogP contribution >= 0.6 is 0 Å². The van der Waals surface area contributed by atoms with Gasteiger partial charge in [-0.05, 0) is 30.2 Å². The highest BCUT2D eigenvalue weighted by atomic mass is 16.5. The maximum Gasteiger partial charge on any atom is 0.252 e. The fourth-order valence-corrected chi connectivity index (χ4v) is 2.20. The molecule has 2 heterocycles. The Morgan fingerprint density at radius 1 is 1.36 bits per heavy atom. The number of nitrogens with two attached hydrogens (primary N) is 1. The molecular weight excluding hydrogens is 280 g/mol. The zero-order valence-electron chi connectivity index (χ0n) is 12.8. The first-order chi connectivity index (χ1) is 10.7. The minimum Gasteiger partial charge on any atom is -0.383 e. The molecule has 2 aromatic heterocycles. The molecule has 0 bridgehead atoms. The number of carbonyl (C=O) groups is 1. The van der Waals surface area contributed by atoms with Crippen molar-refractivity contribution >= 4 is 11.7 Å². The Morgan fingerprint density at radius 2 is 2.09 bits per heavy atom. The molecule has 0 aliphatic rings. The van der Waals surface area contributed by atoms with Crippen molar-refractivity contribution in [2.45, 2.75) is 13.3 Å². The molecule has 116 valence electrons. The SMILES string of the molecule is CCc1nc(NCCOC)c(C(N)=O)cc1-c1ccncc1. The van der Waals surface area contributed by atoms with Gasteiger partial charge in [-0.1, -0.05) is 6.92 Å². The summed E-state index contributed by atoms with van der Waals surface area (Å²) in [5.74, 6) is -0.00965. The van der Waals surface area contributed by atoms with Gasteiger partial charge in [-0.25, -0.2) is 4.98 Å². The van der Waals surface area contributed by atoms with Gasteiger partial charge in [-0.3, -0.25) is 9.78 Å². The number of ether oxygens (including phenoxy) is 1. The highest BCUT2D eigenvalue weighted by Crippen LogP contribution is 2.27. The number of nitrogens with one attached hydrogen (secondary N) is 1. The first-order valence-electron chi connectivity index (χ1n) is 7.14. The van der Waals surface area contributed by atoms with Crippen molar-refractivity contribution in [3.63, 3.8) is 0 Å². The molecule has 0 spiro atoms. The number of rotatable bonds is 7. The second-order valence-electron chi connectivity index (χ2n) is 4.75. The fraction of sp³-hybridized carbons (Fsp3) is 0.312. The van der Waals surface area contributed by atoms with E-state index in [0.717, 1.165) is 23.2 Å². The largest absolute Gasteiger partial charge is 0.383 e. The van der Waals surface area contributed by atoms with Crippen LogP contribution in [0.25, 0.3) is 11.1 Å². The van der Waals surface area contributed by atoms with Gasteiger partial charge >= 0.3 is 0 Å². The third kappa shape index (κ3) is 3.59. The van der Waals surface area contributed by atoms with E-state index in [2.05, 4.69) is 15.3 Å². The molecule has 22 heavy (non-hydrogen) atoms. The lowest BCUT2D eigenvalue weighted by Crippen LogP contribution is -2.18. The zero-order chi connectivity index (χ0) is 15.9. The van der Waals surface area contributed by atoms with Gasteiger partial charge in [0.05, 0.1) is 17.9 Å². The second kappa shape index (κ2) is 7.51. The van der Waals surface area contributed by atoms with Gasteiger partial charge in [-0.2, -0.15) is 0 Å². The molecule has 0 saturated heterocycles. The Hall–Kier alpha value is -2.47. The third-order valence-electron chi connectivity index (χ3n) is 3.29. The van der Waals surface area contributed by atoms with Crippen molar-refractivity contribution in [1.29, 1.82) is 0 Å². The average Bonchev–Trinajstić information content (AvgIpc) is 2.55. The monoisotopic (exact) mass is 300 g/mol. The van der Waals surface area contributed by atoms with Crippen LogP contribution in [0.15, 0.2) is 30.6 Å². The molecule has 0 unspecified atom stereocenters. The summed E-state index contributed by atoms with van der Waals surface area (Å²) >= 11 is 0. The number of methoxy groups -OCH3 is 1. The van der Waals surface area contributed by atoms with Crippen LogP contribution in [0.2, 0.25) is 0 Å². The van der Waals surface area contributed by atoms with Gasteiger partial charge in [0.25, 0.3) is 5.91 Å². The van der Waals surface area contributed by atoms with E-state index < -0.39 is 5.91 Å². The van der Waals surface area contributed by atoms with Crippen LogP contribution in [0.4, 0.5) is 5.82 Å². The Balaban J connectivity index is 2.47. The van der Waals surface area contributed by atoms with Crippen LogP contribution in [0.3, 0.4) is 0 Å². The van der Waals surface area contributed by atoms with Crippen LogP contribution in [-0.2, 0) is 11.2 Å². The molecule has 6 heteroatoms. The van der Waals surface area contributed by atoms with Crippen molar-refractivity contribution in [3.05, 3.63) is 41.9 Å². The lowest BCUT2D eigenvalue weighted by atomic mass is 10.0. The molecule has 6 nitrogen and oxygen atoms in total. The quantitative estimate of drug-likeness (QED) is 0.762. The summed E-state index contributed by atoms with van der Waals surface area (Å²) in [5.41, 5.74) is 8.63. The highest BCUT2D eigenvalue weighted by Gasteiger charge is 2.15. The first kappa shape index (κ1) is 15.9. The van der Waals surface area contributed by atoms with Gasteiger partial charge in [0.1, 0.15) is 5.82 Å². The minimum atomic E-state index is -0.509. The number of nitrogens with zero attached hydrogens (tertiary/aromatic N) is 2. The lowest BCUT2D eigenvalue weighted by molar-refractivity contribution is 0.100. The Bertz CT molecular complexity index is 644. The molecule has 0 aliphatic carbocycles. The van der Waals surface area contributed by atoms with Crippen LogP contribution in [0.1, 0.15) is 23.0 Å². The van der Waals surface area contributed by atoms with Gasteiger partial charge in [0.2, 0.25) is 0 Å². The average molecular weight is 300 g/mol. The van der Waals surface area contributed by atoms with E-state index in [0.29, 0.717) is 24.5 Å². The van der Waals surface area contributed by atoms with Crippen LogP contribution in [0.5, 0.6) is 0 Å². The van der Waals surface area contributed by atoms with E-state index in [1.165, 1.54) is 0 Å². The fourth-order valence-electron chi connectivity index (χ4n) is 2.20. The lowest BCUT2D eigenvalue weighted by Gasteiger charge is -2.14. The molecule has 3 N–H and O–H groups in total. The predicted molar refractivity (Wildman–Crippen MR) is 85.7 cm³/mol. The second-order valence-corrected chi connectivity index (χ2v) is 4.75. The van der Waals surface area contributed by atoms with Gasteiger partial charge in [0.15, 0.2) is 0 Å². The van der Waals surface area contributed by atoms with Gasteiger partial charge in [-0.15, -0.1) is 0 Å². The van der Waals surface area contributed by atoms with Crippen molar-refractivity contribution in [3.8, 4) is 11.1 Å². The number of hydrogen-bond acceptors (Lipinski definition) is 5. The van der Waals surface area contributed by atoms with E-state index in [1.807, 2.05) is 19.1 Å². The smallest absolute Gasteiger partial charge is 0.252 e. The molecule has 0 radical (unpaired) electrons. The molecule has 0 atom stereocenters. The molecule has 0 fully saturated rings. The number of carbonyl (C=O) groups excluding carboxylic acids is 1. The van der Waals surface area contributed by atoms with Crippen LogP contribution < -0.4 is 11.1 Å². The Kier molecular flexibility index (Phi) is 5.43. The number of aryl methyl sites for hydroxylation is 1. The number of primary amides is 1. The predicted octanol–water partition coefficient (Wildman–Crippen LogP) is 1.86. The number of anilines is 1. The maximum absolute atomic E-state index is 11.7. The van der Waals surface area contributed by atoms with Gasteiger partial charge in [0, 0.05) is 31.6 Å². The number of aromatic nitrogens is 2. The number of amides is 1. The summed E-state index contributed by atoms with van der Waals surface area (Å²) in [5, 5.41) is 3.10. The van der Waals surface area contributed by atoms with E-state index >= 15 is 0 Å². The third-order valence-corrected chi connectivity index (χ3v) is 3.29. The highest BCUT2D eigenvalue weighted by molar-refractivity contribution is 5.99. The summed E-state index contributed by atoms with van der Waals surface area (Å²) < 4.78 is 5.00.